The van der Waals surface area contributed by atoms with Crippen LogP contribution in [-0.2, 0) is 0 Å². The summed E-state index contributed by atoms with van der Waals surface area (Å²) in [6, 6.07) is 11.2. The number of hydrogen-bond donors (Lipinski definition) is 3. The van der Waals surface area contributed by atoms with Gasteiger partial charge in [0.1, 0.15) is 11.4 Å². The van der Waals surface area contributed by atoms with Crippen molar-refractivity contribution < 1.29 is 9.21 Å². The molecule has 7 heteroatoms. The summed E-state index contributed by atoms with van der Waals surface area (Å²) in [5.41, 5.74) is 1.58. The highest BCUT2D eigenvalue weighted by Crippen LogP contribution is 2.18. The summed E-state index contributed by atoms with van der Waals surface area (Å²) in [5, 5.41) is 10.00. The number of aryl methyl sites for hydroxylation is 1. The summed E-state index contributed by atoms with van der Waals surface area (Å²) in [4.78, 5) is 20.8. The Balaban J connectivity index is 1.52. The van der Waals surface area contributed by atoms with Gasteiger partial charge in [-0.15, -0.1) is 0 Å². The Bertz CT molecular complexity index is 842. The van der Waals surface area contributed by atoms with Crippen LogP contribution in [-0.4, -0.2) is 35.5 Å². The lowest BCUT2D eigenvalue weighted by Crippen LogP contribution is -2.28. The average molecular weight is 339 g/mol. The van der Waals surface area contributed by atoms with Crippen molar-refractivity contribution in [3.8, 4) is 0 Å². The van der Waals surface area contributed by atoms with Crippen molar-refractivity contribution >= 4 is 28.6 Å². The van der Waals surface area contributed by atoms with Gasteiger partial charge in [-0.1, -0.05) is 18.2 Å². The number of para-hydroxylation sites is 1. The average Bonchev–Trinajstić information content (AvgIpc) is 3.02. The van der Waals surface area contributed by atoms with Gasteiger partial charge in [0, 0.05) is 36.8 Å². The minimum Gasteiger partial charge on any atom is -0.451 e. The first-order valence-corrected chi connectivity index (χ1v) is 8.26. The fourth-order valence-corrected chi connectivity index (χ4v) is 2.45. The number of hydrogen-bond acceptors (Lipinski definition) is 6. The van der Waals surface area contributed by atoms with Crippen LogP contribution in [0.15, 0.2) is 40.8 Å². The second-order valence-corrected chi connectivity index (χ2v) is 5.58. The first kappa shape index (κ1) is 16.8. The van der Waals surface area contributed by atoms with E-state index in [0.29, 0.717) is 30.4 Å². The van der Waals surface area contributed by atoms with E-state index in [2.05, 4.69) is 25.9 Å². The molecular formula is C18H21N5O2. The van der Waals surface area contributed by atoms with E-state index < -0.39 is 0 Å². The van der Waals surface area contributed by atoms with Crippen molar-refractivity contribution in [2.75, 3.05) is 30.3 Å². The SMILES string of the molecule is CCNc1cc(C)nc(NCCNC(=O)c2cc3ccccc3o2)n1. The molecule has 3 N–H and O–H groups in total. The molecule has 1 amide bonds. The Morgan fingerprint density at radius 2 is 1.96 bits per heavy atom. The number of rotatable bonds is 7. The molecule has 3 aromatic rings. The van der Waals surface area contributed by atoms with Gasteiger partial charge in [-0.2, -0.15) is 4.98 Å². The molecular weight excluding hydrogens is 318 g/mol. The van der Waals surface area contributed by atoms with Crippen LogP contribution >= 0.6 is 0 Å². The summed E-state index contributed by atoms with van der Waals surface area (Å²) in [6.45, 7) is 5.67. The molecule has 0 unspecified atom stereocenters. The van der Waals surface area contributed by atoms with Gasteiger partial charge in [-0.3, -0.25) is 4.79 Å². The van der Waals surface area contributed by atoms with Gasteiger partial charge in [0.25, 0.3) is 5.91 Å². The van der Waals surface area contributed by atoms with Gasteiger partial charge in [0.2, 0.25) is 5.95 Å². The summed E-state index contributed by atoms with van der Waals surface area (Å²) in [7, 11) is 0. The summed E-state index contributed by atoms with van der Waals surface area (Å²) in [5.74, 6) is 1.39. The van der Waals surface area contributed by atoms with Crippen LogP contribution in [0.3, 0.4) is 0 Å². The van der Waals surface area contributed by atoms with Crippen LogP contribution in [0.25, 0.3) is 11.0 Å². The molecule has 0 aliphatic carbocycles. The van der Waals surface area contributed by atoms with Crippen molar-refractivity contribution in [1.82, 2.24) is 15.3 Å². The van der Waals surface area contributed by atoms with Crippen molar-refractivity contribution in [2.45, 2.75) is 13.8 Å². The number of aromatic nitrogens is 2. The number of carbonyl (C=O) groups excluding carboxylic acids is 1. The monoisotopic (exact) mass is 339 g/mol. The highest BCUT2D eigenvalue weighted by atomic mass is 16.3. The van der Waals surface area contributed by atoms with Crippen LogP contribution in [0.2, 0.25) is 0 Å². The molecule has 0 spiro atoms. The molecule has 0 fully saturated rings. The first-order chi connectivity index (χ1) is 12.2. The maximum absolute atomic E-state index is 12.1. The van der Waals surface area contributed by atoms with Crippen molar-refractivity contribution in [3.05, 3.63) is 47.9 Å². The maximum Gasteiger partial charge on any atom is 0.287 e. The zero-order valence-electron chi connectivity index (χ0n) is 14.3. The summed E-state index contributed by atoms with van der Waals surface area (Å²) >= 11 is 0. The van der Waals surface area contributed by atoms with Crippen molar-refractivity contribution in [2.24, 2.45) is 0 Å². The van der Waals surface area contributed by atoms with Crippen LogP contribution in [0, 0.1) is 6.92 Å². The zero-order valence-corrected chi connectivity index (χ0v) is 14.3. The Morgan fingerprint density at radius 3 is 2.76 bits per heavy atom. The van der Waals surface area contributed by atoms with E-state index in [4.69, 9.17) is 4.42 Å². The number of carbonyl (C=O) groups is 1. The minimum atomic E-state index is -0.239. The second-order valence-electron chi connectivity index (χ2n) is 5.58. The van der Waals surface area contributed by atoms with Crippen molar-refractivity contribution in [1.29, 1.82) is 0 Å². The van der Waals surface area contributed by atoms with Gasteiger partial charge in [-0.05, 0) is 26.0 Å². The molecule has 3 rings (SSSR count). The molecule has 0 aliphatic rings. The Kier molecular flexibility index (Phi) is 5.13. The van der Waals surface area contributed by atoms with Gasteiger partial charge >= 0.3 is 0 Å². The topological polar surface area (TPSA) is 92.1 Å². The number of fused-ring (bicyclic) bond motifs is 1. The van der Waals surface area contributed by atoms with Gasteiger partial charge < -0.3 is 20.4 Å². The van der Waals surface area contributed by atoms with Crippen LogP contribution < -0.4 is 16.0 Å². The fourth-order valence-electron chi connectivity index (χ4n) is 2.45. The first-order valence-electron chi connectivity index (χ1n) is 8.26. The molecule has 2 heterocycles. The highest BCUT2D eigenvalue weighted by molar-refractivity contribution is 5.96. The highest BCUT2D eigenvalue weighted by Gasteiger charge is 2.11. The third kappa shape index (κ3) is 4.26. The Morgan fingerprint density at radius 1 is 1.12 bits per heavy atom. The Labute approximate surface area is 145 Å². The van der Waals surface area contributed by atoms with E-state index >= 15 is 0 Å². The van der Waals surface area contributed by atoms with Gasteiger partial charge in [0.05, 0.1) is 0 Å². The number of nitrogens with one attached hydrogen (secondary N) is 3. The molecule has 2 aromatic heterocycles. The van der Waals surface area contributed by atoms with Crippen LogP contribution in [0.1, 0.15) is 23.2 Å². The maximum atomic E-state index is 12.1. The predicted molar refractivity (Wildman–Crippen MR) is 98.0 cm³/mol. The third-order valence-electron chi connectivity index (χ3n) is 3.56. The standard InChI is InChI=1S/C18H21N5O2/c1-3-19-16-10-12(2)22-18(23-16)21-9-8-20-17(24)15-11-13-6-4-5-7-14(13)25-15/h4-7,10-11H,3,8-9H2,1-2H3,(H,20,24)(H2,19,21,22,23). The van der Waals surface area contributed by atoms with Gasteiger partial charge in [0.15, 0.2) is 5.76 Å². The molecule has 1 aromatic carbocycles. The summed E-state index contributed by atoms with van der Waals surface area (Å²) in [6.07, 6.45) is 0. The molecule has 0 radical (unpaired) electrons. The largest absolute Gasteiger partial charge is 0.451 e. The number of nitrogens with zero attached hydrogens (tertiary/aromatic N) is 2. The number of anilines is 2. The lowest BCUT2D eigenvalue weighted by molar-refractivity contribution is 0.0929. The predicted octanol–water partition coefficient (Wildman–Crippen LogP) is 2.80. The molecule has 25 heavy (non-hydrogen) atoms. The number of amides is 1. The molecule has 0 bridgehead atoms. The molecule has 0 saturated heterocycles. The second kappa shape index (κ2) is 7.65. The fraction of sp³-hybridized carbons (Fsp3) is 0.278. The molecule has 0 atom stereocenters. The van der Waals surface area contributed by atoms with Crippen LogP contribution in [0.4, 0.5) is 11.8 Å². The third-order valence-corrected chi connectivity index (χ3v) is 3.56. The van der Waals surface area contributed by atoms with E-state index in [0.717, 1.165) is 23.4 Å². The van der Waals surface area contributed by atoms with E-state index in [-0.39, 0.29) is 5.91 Å². The quantitative estimate of drug-likeness (QED) is 0.573. The van der Waals surface area contributed by atoms with E-state index in [1.807, 2.05) is 44.2 Å². The van der Waals surface area contributed by atoms with Crippen molar-refractivity contribution in [3.63, 3.8) is 0 Å². The number of benzene rings is 1. The molecule has 0 aliphatic heterocycles. The molecule has 0 saturated carbocycles. The molecule has 130 valence electrons. The van der Waals surface area contributed by atoms with Crippen LogP contribution in [0.5, 0.6) is 0 Å². The lowest BCUT2D eigenvalue weighted by Gasteiger charge is -2.09. The van der Waals surface area contributed by atoms with E-state index in [1.165, 1.54) is 0 Å². The molecule has 7 nitrogen and oxygen atoms in total. The summed E-state index contributed by atoms with van der Waals surface area (Å²) < 4.78 is 5.54. The zero-order chi connectivity index (χ0) is 17.6. The van der Waals surface area contributed by atoms with E-state index in [9.17, 15) is 4.79 Å². The van der Waals surface area contributed by atoms with E-state index in [1.54, 1.807) is 6.07 Å². The van der Waals surface area contributed by atoms with Gasteiger partial charge in [-0.25, -0.2) is 4.98 Å². The normalized spacial score (nSPS) is 10.6. The minimum absolute atomic E-state index is 0.239. The Hall–Kier alpha value is -3.09. The smallest absolute Gasteiger partial charge is 0.287 e. The number of furan rings is 1. The lowest BCUT2D eigenvalue weighted by atomic mass is 10.2.